The number of nitrogens with zero attached hydrogens (tertiary/aromatic N) is 3. The van der Waals surface area contributed by atoms with Crippen LogP contribution in [0.15, 0.2) is 53.6 Å². The van der Waals surface area contributed by atoms with E-state index in [4.69, 9.17) is 16.3 Å². The van der Waals surface area contributed by atoms with Gasteiger partial charge in [-0.25, -0.2) is 4.90 Å². The highest BCUT2D eigenvalue weighted by molar-refractivity contribution is 6.49. The zero-order chi connectivity index (χ0) is 20.0. The Bertz CT molecular complexity index is 1040. The summed E-state index contributed by atoms with van der Waals surface area (Å²) in [6.07, 6.45) is 0. The molecule has 1 saturated heterocycles. The van der Waals surface area contributed by atoms with E-state index in [1.165, 1.54) is 19.0 Å². The standard InChI is InChI=1S/C20H16ClN3O4/c1-11(25)17-16-18(24(22-17)13-7-5-6-12(21)10-13)20(27)23(19(16)26)14-8-3-4-9-15(14)28-2/h3-10,16,18H,1-2H3/t16-,18-/m1/s1. The lowest BCUT2D eigenvalue weighted by atomic mass is 9.95. The molecule has 0 aliphatic carbocycles. The quantitative estimate of drug-likeness (QED) is 0.741. The minimum absolute atomic E-state index is 0.0562. The van der Waals surface area contributed by atoms with Crippen molar-refractivity contribution in [3.63, 3.8) is 0 Å². The Morgan fingerprint density at radius 3 is 2.54 bits per heavy atom. The number of carbonyl (C=O) groups is 3. The highest BCUT2D eigenvalue weighted by Crippen LogP contribution is 2.40. The molecule has 4 rings (SSSR count). The van der Waals surface area contributed by atoms with Crippen molar-refractivity contribution in [3.8, 4) is 5.75 Å². The van der Waals surface area contributed by atoms with Gasteiger partial charge in [-0.2, -0.15) is 5.10 Å². The van der Waals surface area contributed by atoms with Gasteiger partial charge in [-0.15, -0.1) is 0 Å². The number of fused-ring (bicyclic) bond motifs is 1. The number of hydrogen-bond donors (Lipinski definition) is 0. The summed E-state index contributed by atoms with van der Waals surface area (Å²) in [7, 11) is 1.46. The lowest BCUT2D eigenvalue weighted by Gasteiger charge is -2.23. The average molecular weight is 398 g/mol. The molecule has 0 unspecified atom stereocenters. The smallest absolute Gasteiger partial charge is 0.260 e. The number of ketones is 1. The summed E-state index contributed by atoms with van der Waals surface area (Å²) in [6, 6.07) is 12.6. The number of anilines is 2. The molecular formula is C20H16ClN3O4. The minimum Gasteiger partial charge on any atom is -0.495 e. The maximum atomic E-state index is 13.3. The summed E-state index contributed by atoms with van der Waals surface area (Å²) < 4.78 is 5.30. The Hall–Kier alpha value is -3.19. The SMILES string of the molecule is COc1ccccc1N1C(=O)[C@@H]2C(C(C)=O)=NN(c3cccc(Cl)c3)[C@H]2C1=O. The van der Waals surface area contributed by atoms with Gasteiger partial charge in [-0.05, 0) is 30.3 Å². The van der Waals surface area contributed by atoms with Gasteiger partial charge in [-0.1, -0.05) is 29.8 Å². The van der Waals surface area contributed by atoms with Crippen LogP contribution >= 0.6 is 11.6 Å². The molecule has 2 aliphatic rings. The van der Waals surface area contributed by atoms with Gasteiger partial charge in [0.1, 0.15) is 23.4 Å². The number of benzene rings is 2. The predicted molar refractivity (Wildman–Crippen MR) is 105 cm³/mol. The first-order valence-electron chi connectivity index (χ1n) is 8.59. The van der Waals surface area contributed by atoms with Crippen molar-refractivity contribution in [2.75, 3.05) is 17.0 Å². The summed E-state index contributed by atoms with van der Waals surface area (Å²) in [5.41, 5.74) is 0.922. The van der Waals surface area contributed by atoms with Gasteiger partial charge in [0.05, 0.1) is 18.5 Å². The zero-order valence-electron chi connectivity index (χ0n) is 15.1. The molecule has 7 nitrogen and oxygen atoms in total. The van der Waals surface area contributed by atoms with Crippen LogP contribution in [0.2, 0.25) is 5.02 Å². The van der Waals surface area contributed by atoms with Gasteiger partial charge < -0.3 is 4.74 Å². The summed E-state index contributed by atoms with van der Waals surface area (Å²) in [5.74, 6) is -1.92. The molecule has 0 N–H and O–H groups in total. The number of hydrogen-bond acceptors (Lipinski definition) is 6. The lowest BCUT2D eigenvalue weighted by molar-refractivity contribution is -0.122. The van der Waals surface area contributed by atoms with Crippen LogP contribution in [0.1, 0.15) is 6.92 Å². The number of para-hydroxylation sites is 2. The number of methoxy groups -OCH3 is 1. The van der Waals surface area contributed by atoms with E-state index in [1.54, 1.807) is 48.5 Å². The number of rotatable bonds is 4. The van der Waals surface area contributed by atoms with Crippen molar-refractivity contribution >= 4 is 46.3 Å². The van der Waals surface area contributed by atoms with Crippen LogP contribution in [0.3, 0.4) is 0 Å². The van der Waals surface area contributed by atoms with Crippen LogP contribution in [-0.4, -0.2) is 36.5 Å². The van der Waals surface area contributed by atoms with Gasteiger partial charge in [-0.3, -0.25) is 19.4 Å². The van der Waals surface area contributed by atoms with Crippen LogP contribution < -0.4 is 14.6 Å². The highest BCUT2D eigenvalue weighted by Gasteiger charge is 2.58. The molecule has 8 heteroatoms. The molecule has 2 atom stereocenters. The Labute approximate surface area is 166 Å². The second-order valence-corrected chi connectivity index (χ2v) is 6.91. The summed E-state index contributed by atoms with van der Waals surface area (Å²) in [6.45, 7) is 1.33. The molecule has 0 bridgehead atoms. The Morgan fingerprint density at radius 2 is 1.86 bits per heavy atom. The number of amides is 2. The van der Waals surface area contributed by atoms with Crippen LogP contribution in [0.5, 0.6) is 5.75 Å². The van der Waals surface area contributed by atoms with E-state index in [1.807, 2.05) is 0 Å². The molecule has 0 spiro atoms. The third kappa shape index (κ3) is 2.66. The molecule has 2 aromatic carbocycles. The number of ether oxygens (including phenoxy) is 1. The van der Waals surface area contributed by atoms with E-state index in [9.17, 15) is 14.4 Å². The van der Waals surface area contributed by atoms with Crippen LogP contribution in [-0.2, 0) is 14.4 Å². The molecule has 28 heavy (non-hydrogen) atoms. The molecule has 0 saturated carbocycles. The van der Waals surface area contributed by atoms with E-state index in [-0.39, 0.29) is 11.5 Å². The second-order valence-electron chi connectivity index (χ2n) is 6.47. The van der Waals surface area contributed by atoms with Crippen LogP contribution in [0.4, 0.5) is 11.4 Å². The van der Waals surface area contributed by atoms with Gasteiger partial charge >= 0.3 is 0 Å². The van der Waals surface area contributed by atoms with Crippen molar-refractivity contribution in [2.24, 2.45) is 11.0 Å². The van der Waals surface area contributed by atoms with Crippen LogP contribution in [0, 0.1) is 5.92 Å². The largest absolute Gasteiger partial charge is 0.495 e. The van der Waals surface area contributed by atoms with Gasteiger partial charge in [0.15, 0.2) is 5.78 Å². The molecular weight excluding hydrogens is 382 g/mol. The Morgan fingerprint density at radius 1 is 1.11 bits per heavy atom. The third-order valence-electron chi connectivity index (χ3n) is 4.81. The first-order chi connectivity index (χ1) is 13.4. The highest BCUT2D eigenvalue weighted by atomic mass is 35.5. The molecule has 1 fully saturated rings. The fourth-order valence-corrected chi connectivity index (χ4v) is 3.77. The fourth-order valence-electron chi connectivity index (χ4n) is 3.59. The molecule has 142 valence electrons. The summed E-state index contributed by atoms with van der Waals surface area (Å²) in [5, 5.41) is 6.16. The zero-order valence-corrected chi connectivity index (χ0v) is 15.9. The molecule has 2 heterocycles. The molecule has 2 aliphatic heterocycles. The van der Waals surface area contributed by atoms with Crippen molar-refractivity contribution < 1.29 is 19.1 Å². The summed E-state index contributed by atoms with van der Waals surface area (Å²) in [4.78, 5) is 39.7. The van der Waals surface area contributed by atoms with E-state index in [0.717, 1.165) is 4.90 Å². The molecule has 0 radical (unpaired) electrons. The van der Waals surface area contributed by atoms with Crippen molar-refractivity contribution in [2.45, 2.75) is 13.0 Å². The van der Waals surface area contributed by atoms with E-state index in [0.29, 0.717) is 22.1 Å². The first kappa shape index (κ1) is 18.2. The monoisotopic (exact) mass is 397 g/mol. The second kappa shape index (κ2) is 6.76. The van der Waals surface area contributed by atoms with E-state index >= 15 is 0 Å². The maximum absolute atomic E-state index is 13.3. The third-order valence-corrected chi connectivity index (χ3v) is 5.04. The molecule has 0 aromatic heterocycles. The topological polar surface area (TPSA) is 79.3 Å². The number of imide groups is 1. The van der Waals surface area contributed by atoms with Gasteiger partial charge in [0.2, 0.25) is 5.91 Å². The predicted octanol–water partition coefficient (Wildman–Crippen LogP) is 2.67. The van der Waals surface area contributed by atoms with Crippen molar-refractivity contribution in [3.05, 3.63) is 53.6 Å². The van der Waals surface area contributed by atoms with E-state index < -0.39 is 23.8 Å². The number of carbonyl (C=O) groups excluding carboxylic acids is 3. The average Bonchev–Trinajstić information content (AvgIpc) is 3.19. The summed E-state index contributed by atoms with van der Waals surface area (Å²) >= 11 is 6.07. The van der Waals surface area contributed by atoms with Gasteiger partial charge in [0, 0.05) is 11.9 Å². The number of halogens is 1. The van der Waals surface area contributed by atoms with Crippen molar-refractivity contribution in [1.29, 1.82) is 0 Å². The normalized spacial score (nSPS) is 21.0. The first-order valence-corrected chi connectivity index (χ1v) is 8.97. The molecule has 2 amide bonds. The Kier molecular flexibility index (Phi) is 4.39. The van der Waals surface area contributed by atoms with Gasteiger partial charge in [0.25, 0.3) is 5.91 Å². The fraction of sp³-hybridized carbons (Fsp3) is 0.200. The molecule has 2 aromatic rings. The Balaban J connectivity index is 1.83. The lowest BCUT2D eigenvalue weighted by Crippen LogP contribution is -2.39. The number of hydrazone groups is 1. The minimum atomic E-state index is -0.978. The van der Waals surface area contributed by atoms with Crippen LogP contribution in [0.25, 0.3) is 0 Å². The van der Waals surface area contributed by atoms with E-state index in [2.05, 4.69) is 5.10 Å². The maximum Gasteiger partial charge on any atom is 0.260 e. The number of Topliss-reactive ketones (excluding diaryl/α,β-unsaturated/α-hetero) is 1. The van der Waals surface area contributed by atoms with Crippen molar-refractivity contribution in [1.82, 2.24) is 0 Å².